The lowest BCUT2D eigenvalue weighted by Crippen LogP contribution is -2.46. The number of nitrogens with zero attached hydrogens (tertiary/aromatic N) is 3. The van der Waals surface area contributed by atoms with Crippen LogP contribution in [-0.4, -0.2) is 74.7 Å². The Morgan fingerprint density at radius 2 is 1.67 bits per heavy atom. The fraction of sp³-hybridized carbons (Fsp3) is 0.406. The molecule has 0 aliphatic carbocycles. The molecule has 3 aromatic carbocycles. The second-order valence-electron chi connectivity index (χ2n) is 9.81. The molecule has 1 fully saturated rings. The Bertz CT molecular complexity index is 1340. The quantitative estimate of drug-likeness (QED) is 0.244. The monoisotopic (exact) mass is 546 g/mol. The number of primary amides is 1. The van der Waals surface area contributed by atoms with Crippen LogP contribution in [0.2, 0.25) is 0 Å². The zero-order valence-electron chi connectivity index (χ0n) is 23.6. The molecule has 4 aromatic rings. The molecule has 0 bridgehead atoms. The fourth-order valence-corrected chi connectivity index (χ4v) is 5.99. The van der Waals surface area contributed by atoms with Crippen molar-refractivity contribution < 1.29 is 9.53 Å². The zero-order valence-corrected chi connectivity index (χ0v) is 24.4. The maximum atomic E-state index is 11.6. The first kappa shape index (κ1) is 28.9. The van der Waals surface area contributed by atoms with Gasteiger partial charge >= 0.3 is 0 Å². The van der Waals surface area contributed by atoms with Crippen molar-refractivity contribution in [2.75, 3.05) is 63.9 Å². The smallest absolute Gasteiger partial charge is 0.249 e. The van der Waals surface area contributed by atoms with E-state index in [2.05, 4.69) is 65.1 Å². The summed E-state index contributed by atoms with van der Waals surface area (Å²) >= 11 is 1.81. The lowest BCUT2D eigenvalue weighted by molar-refractivity contribution is 0.100. The van der Waals surface area contributed by atoms with Gasteiger partial charge in [0, 0.05) is 54.1 Å². The van der Waals surface area contributed by atoms with E-state index >= 15 is 0 Å². The van der Waals surface area contributed by atoms with Gasteiger partial charge in [0.05, 0.1) is 6.61 Å². The number of hydrogen-bond acceptors (Lipinski definition) is 6. The van der Waals surface area contributed by atoms with Crippen LogP contribution >= 0.6 is 11.3 Å². The normalized spacial score (nSPS) is 14.0. The number of hydrogen-bond donors (Lipinski definition) is 1. The second-order valence-corrected chi connectivity index (χ2v) is 10.8. The first-order valence-electron chi connectivity index (χ1n) is 14.1. The number of thiophene rings is 1. The first-order chi connectivity index (χ1) is 19.0. The number of carbonyl (C=O) groups is 1. The van der Waals surface area contributed by atoms with Crippen molar-refractivity contribution in [3.05, 3.63) is 71.6 Å². The summed E-state index contributed by atoms with van der Waals surface area (Å²) in [5.41, 5.74) is 7.38. The minimum Gasteiger partial charge on any atom is -0.494 e. The topological polar surface area (TPSA) is 62.0 Å². The molecule has 2 heterocycles. The van der Waals surface area contributed by atoms with Gasteiger partial charge in [-0.05, 0) is 84.7 Å². The molecule has 1 aromatic heterocycles. The Hall–Kier alpha value is -3.13. The molecule has 6 nitrogen and oxygen atoms in total. The van der Waals surface area contributed by atoms with Crippen LogP contribution in [0.4, 0.5) is 5.69 Å². The molecule has 1 amide bonds. The van der Waals surface area contributed by atoms with Gasteiger partial charge in [0.25, 0.3) is 0 Å². The summed E-state index contributed by atoms with van der Waals surface area (Å²) in [4.78, 5) is 19.0. The molecular formula is C32H42N4O2S. The van der Waals surface area contributed by atoms with Crippen molar-refractivity contribution in [3.63, 3.8) is 0 Å². The van der Waals surface area contributed by atoms with E-state index in [0.717, 1.165) is 55.7 Å². The summed E-state index contributed by atoms with van der Waals surface area (Å²) in [7, 11) is 0. The predicted molar refractivity (Wildman–Crippen MR) is 167 cm³/mol. The van der Waals surface area contributed by atoms with Gasteiger partial charge in [-0.3, -0.25) is 9.69 Å². The van der Waals surface area contributed by atoms with Gasteiger partial charge in [-0.1, -0.05) is 39.0 Å². The van der Waals surface area contributed by atoms with Crippen LogP contribution in [0.5, 0.6) is 5.75 Å². The lowest BCUT2D eigenvalue weighted by Gasteiger charge is -2.36. The third kappa shape index (κ3) is 7.50. The predicted octanol–water partition coefficient (Wildman–Crippen LogP) is 6.09. The third-order valence-electron chi connectivity index (χ3n) is 7.53. The molecule has 208 valence electrons. The van der Waals surface area contributed by atoms with Crippen molar-refractivity contribution in [2.24, 2.45) is 5.73 Å². The van der Waals surface area contributed by atoms with Crippen LogP contribution in [0.25, 0.3) is 20.9 Å². The largest absolute Gasteiger partial charge is 0.494 e. The van der Waals surface area contributed by atoms with Crippen LogP contribution in [0.1, 0.15) is 37.6 Å². The molecule has 0 atom stereocenters. The van der Waals surface area contributed by atoms with Crippen molar-refractivity contribution in [2.45, 2.75) is 27.2 Å². The first-order valence-corrected chi connectivity index (χ1v) is 15.0. The van der Waals surface area contributed by atoms with Crippen molar-refractivity contribution in [3.8, 4) is 5.75 Å². The Balaban J connectivity index is 0.000000448. The van der Waals surface area contributed by atoms with E-state index < -0.39 is 5.91 Å². The van der Waals surface area contributed by atoms with E-state index in [-0.39, 0.29) is 0 Å². The zero-order chi connectivity index (χ0) is 27.6. The number of amides is 1. The molecule has 1 aliphatic heterocycles. The number of ether oxygens (including phenoxy) is 1. The highest BCUT2D eigenvalue weighted by molar-refractivity contribution is 7.17. The fourth-order valence-electron chi connectivity index (χ4n) is 5.18. The summed E-state index contributed by atoms with van der Waals surface area (Å²) in [6, 6.07) is 20.2. The molecule has 0 saturated carbocycles. The van der Waals surface area contributed by atoms with E-state index in [4.69, 9.17) is 10.5 Å². The number of rotatable bonds is 10. The van der Waals surface area contributed by atoms with Gasteiger partial charge in [0.15, 0.2) is 0 Å². The van der Waals surface area contributed by atoms with Gasteiger partial charge in [0.2, 0.25) is 5.91 Å². The Morgan fingerprint density at radius 3 is 2.36 bits per heavy atom. The van der Waals surface area contributed by atoms with Gasteiger partial charge < -0.3 is 20.3 Å². The van der Waals surface area contributed by atoms with Crippen LogP contribution in [0.15, 0.2) is 66.0 Å². The minimum absolute atomic E-state index is 0.406. The molecule has 0 unspecified atom stereocenters. The number of nitrogens with two attached hydrogens (primary N) is 1. The van der Waals surface area contributed by atoms with Gasteiger partial charge in [-0.15, -0.1) is 11.3 Å². The van der Waals surface area contributed by atoms with E-state index in [1.54, 1.807) is 6.07 Å². The molecule has 5 rings (SSSR count). The number of benzene rings is 3. The van der Waals surface area contributed by atoms with Crippen LogP contribution < -0.4 is 15.4 Å². The lowest BCUT2D eigenvalue weighted by atomic mass is 10.0. The maximum absolute atomic E-state index is 11.6. The standard InChI is InChI=1S/C26H27N3O2S.C6H15N/c27-26(30)22-5-1-4-19-18-20(8-9-21(19)22)31-16-3-11-28-12-14-29(15-13-28)24-6-2-7-25-23(24)10-17-32-25;1-4-7(5-2)6-3/h1-2,4-10,17-18H,3,11-16H2,(H2,27,30);4-6H2,1-3H3. The summed E-state index contributed by atoms with van der Waals surface area (Å²) in [6.07, 6.45) is 0.986. The highest BCUT2D eigenvalue weighted by Gasteiger charge is 2.18. The molecule has 1 saturated heterocycles. The van der Waals surface area contributed by atoms with Crippen molar-refractivity contribution >= 4 is 43.8 Å². The van der Waals surface area contributed by atoms with Crippen LogP contribution in [0.3, 0.4) is 0 Å². The third-order valence-corrected chi connectivity index (χ3v) is 8.41. The summed E-state index contributed by atoms with van der Waals surface area (Å²) in [6.45, 7) is 16.1. The van der Waals surface area contributed by atoms with Crippen molar-refractivity contribution in [1.82, 2.24) is 9.80 Å². The maximum Gasteiger partial charge on any atom is 0.249 e. The average Bonchev–Trinajstić information content (AvgIpc) is 3.46. The van der Waals surface area contributed by atoms with E-state index in [1.165, 1.54) is 35.4 Å². The summed E-state index contributed by atoms with van der Waals surface area (Å²) < 4.78 is 7.35. The highest BCUT2D eigenvalue weighted by Crippen LogP contribution is 2.31. The Labute approximate surface area is 236 Å². The minimum atomic E-state index is -0.406. The molecule has 0 spiro atoms. The van der Waals surface area contributed by atoms with E-state index in [9.17, 15) is 4.79 Å². The van der Waals surface area contributed by atoms with Gasteiger partial charge in [-0.2, -0.15) is 0 Å². The van der Waals surface area contributed by atoms with Crippen LogP contribution in [-0.2, 0) is 0 Å². The molecule has 7 heteroatoms. The van der Waals surface area contributed by atoms with Gasteiger partial charge in [0.1, 0.15) is 5.75 Å². The Kier molecular flexibility index (Phi) is 10.6. The second kappa shape index (κ2) is 14.3. The number of piperazine rings is 1. The number of carbonyl (C=O) groups excluding carboxylic acids is 1. The van der Waals surface area contributed by atoms with Gasteiger partial charge in [-0.25, -0.2) is 0 Å². The average molecular weight is 547 g/mol. The van der Waals surface area contributed by atoms with E-state index in [0.29, 0.717) is 12.2 Å². The highest BCUT2D eigenvalue weighted by atomic mass is 32.1. The molecular weight excluding hydrogens is 504 g/mol. The summed E-state index contributed by atoms with van der Waals surface area (Å²) in [5.74, 6) is 0.421. The molecule has 2 N–H and O–H groups in total. The number of fused-ring (bicyclic) bond motifs is 2. The number of anilines is 1. The van der Waals surface area contributed by atoms with E-state index in [1.807, 2.05) is 41.7 Å². The van der Waals surface area contributed by atoms with Crippen LogP contribution in [0, 0.1) is 0 Å². The SMILES string of the molecule is CCN(CC)CC.NC(=O)c1cccc2cc(OCCCN3CCN(c4cccc5sccc45)CC3)ccc12. The van der Waals surface area contributed by atoms with Crippen molar-refractivity contribution in [1.29, 1.82) is 0 Å². The molecule has 0 radical (unpaired) electrons. The summed E-state index contributed by atoms with van der Waals surface area (Å²) in [5, 5.41) is 5.38. The molecule has 1 aliphatic rings. The molecule has 39 heavy (non-hydrogen) atoms. The Morgan fingerprint density at radius 1 is 0.923 bits per heavy atom.